The van der Waals surface area contributed by atoms with Gasteiger partial charge in [0.2, 0.25) is 0 Å². The van der Waals surface area contributed by atoms with Crippen LogP contribution in [0.1, 0.15) is 43.2 Å². The van der Waals surface area contributed by atoms with Gasteiger partial charge in [0.05, 0.1) is 5.41 Å². The first-order valence-corrected chi connectivity index (χ1v) is 10.0. The summed E-state index contributed by atoms with van der Waals surface area (Å²) in [4.78, 5) is 24.6. The Morgan fingerprint density at radius 2 is 2.04 bits per heavy atom. The van der Waals surface area contributed by atoms with Crippen molar-refractivity contribution >= 4 is 33.5 Å². The van der Waals surface area contributed by atoms with Crippen molar-refractivity contribution in [3.63, 3.8) is 0 Å². The maximum absolute atomic E-state index is 13.1. The largest absolute Gasteiger partial charge is 0.327 e. The summed E-state index contributed by atoms with van der Waals surface area (Å²) in [6.07, 6.45) is 11.3. The van der Waals surface area contributed by atoms with Crippen molar-refractivity contribution in [1.82, 2.24) is 4.90 Å². The van der Waals surface area contributed by atoms with Crippen LogP contribution in [-0.2, 0) is 11.3 Å². The highest BCUT2D eigenvalue weighted by Gasteiger charge is 2.50. The summed E-state index contributed by atoms with van der Waals surface area (Å²) in [6, 6.07) is 8.13. The molecule has 0 atom stereocenters. The number of benzene rings is 1. The number of aliphatic imine (C=N–C) groups is 2. The average Bonchev–Trinajstić information content (AvgIpc) is 3.22. The van der Waals surface area contributed by atoms with Crippen molar-refractivity contribution < 1.29 is 4.79 Å². The molecule has 4 nitrogen and oxygen atoms in total. The van der Waals surface area contributed by atoms with Crippen LogP contribution in [0.25, 0.3) is 0 Å². The number of fused-ring (bicyclic) bond motifs is 4. The summed E-state index contributed by atoms with van der Waals surface area (Å²) in [7, 11) is 0. The van der Waals surface area contributed by atoms with E-state index in [1.165, 1.54) is 12.8 Å². The van der Waals surface area contributed by atoms with E-state index in [0.717, 1.165) is 53.2 Å². The fourth-order valence-electron chi connectivity index (χ4n) is 4.76. The molecule has 0 unspecified atom stereocenters. The number of nitrogens with zero attached hydrogens (tertiary/aromatic N) is 3. The molecule has 2 heterocycles. The summed E-state index contributed by atoms with van der Waals surface area (Å²) in [6.45, 7) is 0.717. The van der Waals surface area contributed by atoms with Gasteiger partial charge in [-0.1, -0.05) is 24.3 Å². The minimum atomic E-state index is -0.218. The van der Waals surface area contributed by atoms with Crippen molar-refractivity contribution in [3.8, 4) is 0 Å². The smallest absolute Gasteiger partial charge is 0.253 e. The summed E-state index contributed by atoms with van der Waals surface area (Å²) in [5.41, 5.74) is 1.88. The standard InChI is InChI=1S/C21H20BrN3O/c22-16-5-6-18-23-19(17-4-2-1-3-15(17)12-25(18)13-16)24-20(26)21-9-7-14(11-21)8-10-21/h1-6,13-14H,7-12H2. The van der Waals surface area contributed by atoms with E-state index in [9.17, 15) is 4.79 Å². The van der Waals surface area contributed by atoms with Gasteiger partial charge in [0.1, 0.15) is 5.84 Å². The number of carbonyl (C=O) groups is 1. The van der Waals surface area contributed by atoms with Crippen molar-refractivity contribution in [1.29, 1.82) is 0 Å². The zero-order valence-corrected chi connectivity index (χ0v) is 16.1. The number of amides is 1. The van der Waals surface area contributed by atoms with Crippen LogP contribution in [0.3, 0.4) is 0 Å². The molecule has 1 aromatic rings. The highest BCUT2D eigenvalue weighted by atomic mass is 79.9. The number of halogens is 1. The molecule has 0 radical (unpaired) electrons. The molecule has 2 bridgehead atoms. The van der Waals surface area contributed by atoms with E-state index in [1.54, 1.807) is 0 Å². The van der Waals surface area contributed by atoms with E-state index in [0.29, 0.717) is 5.84 Å². The number of allylic oxidation sites excluding steroid dienone is 2. The maximum Gasteiger partial charge on any atom is 0.253 e. The van der Waals surface area contributed by atoms with E-state index in [4.69, 9.17) is 4.99 Å². The Kier molecular flexibility index (Phi) is 3.74. The molecule has 0 saturated heterocycles. The van der Waals surface area contributed by atoms with Gasteiger partial charge in [-0.05, 0) is 71.7 Å². The highest BCUT2D eigenvalue weighted by Crippen LogP contribution is 2.54. The number of amidine groups is 2. The van der Waals surface area contributed by atoms with Gasteiger partial charge in [-0.2, -0.15) is 4.99 Å². The van der Waals surface area contributed by atoms with Gasteiger partial charge in [-0.15, -0.1) is 0 Å². The lowest BCUT2D eigenvalue weighted by molar-refractivity contribution is -0.126. The normalized spacial score (nSPS) is 30.6. The predicted molar refractivity (Wildman–Crippen MR) is 106 cm³/mol. The van der Waals surface area contributed by atoms with E-state index in [2.05, 4.69) is 31.9 Å². The monoisotopic (exact) mass is 409 g/mol. The number of carbonyl (C=O) groups excluding carboxylic acids is 1. The first-order chi connectivity index (χ1) is 12.6. The van der Waals surface area contributed by atoms with Crippen molar-refractivity contribution in [3.05, 3.63) is 58.2 Å². The molecule has 2 aliphatic carbocycles. The third kappa shape index (κ3) is 2.60. The molecule has 132 valence electrons. The molecule has 0 aromatic heterocycles. The first kappa shape index (κ1) is 16.2. The molecule has 0 spiro atoms. The molecule has 5 heteroatoms. The van der Waals surface area contributed by atoms with Crippen molar-refractivity contribution in [2.75, 3.05) is 0 Å². The number of rotatable bonds is 1. The quantitative estimate of drug-likeness (QED) is 0.682. The van der Waals surface area contributed by atoms with Crippen LogP contribution >= 0.6 is 15.9 Å². The van der Waals surface area contributed by atoms with Gasteiger partial charge in [0.25, 0.3) is 5.91 Å². The lowest BCUT2D eigenvalue weighted by atomic mass is 9.83. The summed E-state index contributed by atoms with van der Waals surface area (Å²) >= 11 is 3.53. The number of hydrogen-bond acceptors (Lipinski definition) is 2. The van der Waals surface area contributed by atoms with E-state index in [1.807, 2.05) is 36.6 Å². The zero-order chi connectivity index (χ0) is 17.7. The summed E-state index contributed by atoms with van der Waals surface area (Å²) < 4.78 is 1.01. The molecule has 26 heavy (non-hydrogen) atoms. The molecule has 2 saturated carbocycles. The van der Waals surface area contributed by atoms with Crippen LogP contribution in [0.2, 0.25) is 0 Å². The SMILES string of the molecule is O=C(N=C1N=C2C=CC(Br)=CN2Cc2ccccc21)C12CCC(CC1)C2. The Hall–Kier alpha value is -2.01. The van der Waals surface area contributed by atoms with Crippen molar-refractivity contribution in [2.24, 2.45) is 21.3 Å². The highest BCUT2D eigenvalue weighted by molar-refractivity contribution is 9.11. The second kappa shape index (κ2) is 6.02. The topological polar surface area (TPSA) is 45.0 Å². The summed E-state index contributed by atoms with van der Waals surface area (Å²) in [5, 5.41) is 0. The molecule has 5 rings (SSSR count). The van der Waals surface area contributed by atoms with Crippen LogP contribution in [0.15, 0.2) is 57.1 Å². The molecule has 0 N–H and O–H groups in total. The van der Waals surface area contributed by atoms with Crippen LogP contribution in [0.4, 0.5) is 0 Å². The van der Waals surface area contributed by atoms with Crippen LogP contribution in [0.5, 0.6) is 0 Å². The molecule has 2 fully saturated rings. The lowest BCUT2D eigenvalue weighted by Gasteiger charge is -2.22. The van der Waals surface area contributed by atoms with Crippen LogP contribution in [-0.4, -0.2) is 22.5 Å². The van der Waals surface area contributed by atoms with Crippen molar-refractivity contribution in [2.45, 2.75) is 38.6 Å². The molecular formula is C21H20BrN3O. The van der Waals surface area contributed by atoms with Crippen LogP contribution in [0, 0.1) is 11.3 Å². The Morgan fingerprint density at radius 1 is 1.23 bits per heavy atom. The Bertz CT molecular complexity index is 904. The second-order valence-corrected chi connectivity index (χ2v) is 8.69. The average molecular weight is 410 g/mol. The first-order valence-electron chi connectivity index (χ1n) is 9.25. The third-order valence-corrected chi connectivity index (χ3v) is 6.66. The van der Waals surface area contributed by atoms with Gasteiger partial charge in [0.15, 0.2) is 5.84 Å². The molecule has 1 amide bonds. The molecule has 1 aromatic carbocycles. The van der Waals surface area contributed by atoms with Gasteiger partial charge in [0, 0.05) is 22.8 Å². The fourth-order valence-corrected chi connectivity index (χ4v) is 5.14. The van der Waals surface area contributed by atoms with Gasteiger partial charge >= 0.3 is 0 Å². The van der Waals surface area contributed by atoms with E-state index >= 15 is 0 Å². The summed E-state index contributed by atoms with van der Waals surface area (Å²) in [5.74, 6) is 2.15. The molecule has 2 aliphatic heterocycles. The van der Waals surface area contributed by atoms with Gasteiger partial charge in [-0.3, -0.25) is 4.79 Å². The molecular weight excluding hydrogens is 390 g/mol. The van der Waals surface area contributed by atoms with Gasteiger partial charge < -0.3 is 4.90 Å². The van der Waals surface area contributed by atoms with Gasteiger partial charge in [-0.25, -0.2) is 4.99 Å². The van der Waals surface area contributed by atoms with E-state index in [-0.39, 0.29) is 11.3 Å². The zero-order valence-electron chi connectivity index (χ0n) is 14.5. The van der Waals surface area contributed by atoms with Crippen LogP contribution < -0.4 is 0 Å². The Labute approximate surface area is 161 Å². The number of hydrogen-bond donors (Lipinski definition) is 0. The maximum atomic E-state index is 13.1. The Balaban J connectivity index is 1.59. The lowest BCUT2D eigenvalue weighted by Crippen LogP contribution is -2.26. The fraction of sp³-hybridized carbons (Fsp3) is 0.381. The minimum absolute atomic E-state index is 0.0385. The minimum Gasteiger partial charge on any atom is -0.327 e. The second-order valence-electron chi connectivity index (χ2n) is 7.77. The van der Waals surface area contributed by atoms with E-state index < -0.39 is 0 Å². The predicted octanol–water partition coefficient (Wildman–Crippen LogP) is 4.56. The Morgan fingerprint density at radius 3 is 2.81 bits per heavy atom. The third-order valence-electron chi connectivity index (χ3n) is 6.19. The molecule has 4 aliphatic rings.